The van der Waals surface area contributed by atoms with Crippen LogP contribution >= 0.6 is 22.7 Å². The lowest BCUT2D eigenvalue weighted by molar-refractivity contribution is -0.380. The van der Waals surface area contributed by atoms with Gasteiger partial charge in [0.1, 0.15) is 11.3 Å². The van der Waals surface area contributed by atoms with Crippen LogP contribution in [-0.2, 0) is 11.3 Å². The third-order valence-electron chi connectivity index (χ3n) is 3.66. The van der Waals surface area contributed by atoms with Crippen LogP contribution in [0.1, 0.15) is 11.8 Å². The first kappa shape index (κ1) is 19.7. The second-order valence-electron chi connectivity index (χ2n) is 5.54. The van der Waals surface area contributed by atoms with Crippen molar-refractivity contribution >= 4 is 49.9 Å². The Morgan fingerprint density at radius 1 is 1.36 bits per heavy atom. The predicted molar refractivity (Wildman–Crippen MR) is 112 cm³/mol. The highest BCUT2D eigenvalue weighted by molar-refractivity contribution is 7.16. The maximum absolute atomic E-state index is 12.3. The Kier molecular flexibility index (Phi) is 6.17. The molecule has 0 saturated heterocycles. The van der Waals surface area contributed by atoms with E-state index in [0.717, 1.165) is 27.3 Å². The van der Waals surface area contributed by atoms with E-state index < -0.39 is 10.8 Å². The number of allylic oxidation sites excluding steroid dienone is 1. The molecule has 0 bridgehead atoms. The van der Waals surface area contributed by atoms with Crippen LogP contribution in [-0.4, -0.2) is 22.0 Å². The molecule has 144 valence electrons. The summed E-state index contributed by atoms with van der Waals surface area (Å²) < 4.78 is 8.55. The van der Waals surface area contributed by atoms with Gasteiger partial charge in [0.05, 0.1) is 16.2 Å². The van der Waals surface area contributed by atoms with Crippen LogP contribution in [0.15, 0.2) is 54.1 Å². The molecule has 7 nitrogen and oxygen atoms in total. The molecule has 1 amide bonds. The fraction of sp³-hybridized carbons (Fsp3) is 0.158. The van der Waals surface area contributed by atoms with Gasteiger partial charge in [-0.05, 0) is 31.2 Å². The number of thiophene rings is 1. The van der Waals surface area contributed by atoms with Gasteiger partial charge in [0.25, 0.3) is 5.91 Å². The number of benzene rings is 1. The zero-order valence-electron chi connectivity index (χ0n) is 15.0. The van der Waals surface area contributed by atoms with Crippen molar-refractivity contribution in [1.29, 1.82) is 0 Å². The van der Waals surface area contributed by atoms with E-state index in [1.54, 1.807) is 12.1 Å². The van der Waals surface area contributed by atoms with Gasteiger partial charge in [0.15, 0.2) is 4.80 Å². The molecular formula is C19H17N3O4S2. The average molecular weight is 415 g/mol. The number of para-hydroxylation sites is 1. The monoisotopic (exact) mass is 415 g/mol. The minimum absolute atomic E-state index is 0.0285. The van der Waals surface area contributed by atoms with E-state index in [4.69, 9.17) is 4.74 Å². The highest BCUT2D eigenvalue weighted by atomic mass is 32.1. The summed E-state index contributed by atoms with van der Waals surface area (Å²) in [5.41, 5.74) is 0.874. The predicted octanol–water partition coefficient (Wildman–Crippen LogP) is 4.40. The maximum atomic E-state index is 12.3. The van der Waals surface area contributed by atoms with E-state index in [-0.39, 0.29) is 5.00 Å². The molecule has 1 aromatic carbocycles. The van der Waals surface area contributed by atoms with Crippen LogP contribution in [0.3, 0.4) is 0 Å². The smallest absolute Gasteiger partial charge is 0.324 e. The summed E-state index contributed by atoms with van der Waals surface area (Å²) in [7, 11) is 0. The Morgan fingerprint density at radius 2 is 2.18 bits per heavy atom. The van der Waals surface area contributed by atoms with Gasteiger partial charge in [0.2, 0.25) is 0 Å². The van der Waals surface area contributed by atoms with E-state index in [0.29, 0.717) is 22.8 Å². The summed E-state index contributed by atoms with van der Waals surface area (Å²) in [5, 5.41) is 10.8. The fourth-order valence-electron chi connectivity index (χ4n) is 2.57. The van der Waals surface area contributed by atoms with E-state index >= 15 is 0 Å². The van der Waals surface area contributed by atoms with Gasteiger partial charge in [-0.25, -0.2) is 0 Å². The highest BCUT2D eigenvalue weighted by Crippen LogP contribution is 2.28. The first-order valence-corrected chi connectivity index (χ1v) is 10.0. The number of thiazole rings is 1. The number of ether oxygens (including phenoxy) is 1. The lowest BCUT2D eigenvalue weighted by Crippen LogP contribution is -2.16. The molecule has 9 heteroatoms. The second-order valence-corrected chi connectivity index (χ2v) is 7.64. The number of fused-ring (bicyclic) bond motifs is 1. The maximum Gasteiger partial charge on any atom is 0.324 e. The van der Waals surface area contributed by atoms with Crippen LogP contribution < -0.4 is 9.54 Å². The van der Waals surface area contributed by atoms with Crippen molar-refractivity contribution in [3.8, 4) is 5.75 Å². The Labute approximate surface area is 168 Å². The van der Waals surface area contributed by atoms with Crippen molar-refractivity contribution in [3.05, 3.63) is 68.9 Å². The SMILES string of the molecule is C=CCn1c(=NC(=O)/C=C/c2ccc([N+](=O)[O-])s2)sc2cccc(OCC)c21. The number of hydrogen-bond acceptors (Lipinski definition) is 6. The number of aromatic nitrogens is 1. The first-order valence-electron chi connectivity index (χ1n) is 8.40. The molecular weight excluding hydrogens is 398 g/mol. The number of amides is 1. The molecule has 0 radical (unpaired) electrons. The number of rotatable bonds is 7. The minimum atomic E-state index is -0.459. The Morgan fingerprint density at radius 3 is 2.86 bits per heavy atom. The summed E-state index contributed by atoms with van der Waals surface area (Å²) >= 11 is 2.39. The summed E-state index contributed by atoms with van der Waals surface area (Å²) in [6.07, 6.45) is 4.57. The van der Waals surface area contributed by atoms with Crippen molar-refractivity contribution in [2.45, 2.75) is 13.5 Å². The van der Waals surface area contributed by atoms with Crippen LogP contribution in [0, 0.1) is 10.1 Å². The van der Waals surface area contributed by atoms with Crippen molar-refractivity contribution in [1.82, 2.24) is 4.57 Å². The molecule has 0 atom stereocenters. The number of carbonyl (C=O) groups excluding carboxylic acids is 1. The average Bonchev–Trinajstić information content (AvgIpc) is 3.27. The standard InChI is InChI=1S/C19H17N3O4S2/c1-3-12-21-18-14(26-4-2)6-5-7-15(18)28-19(21)20-16(23)10-8-13-9-11-17(27-13)22(24)25/h3,5-11H,1,4,12H2,2H3/b10-8+,20-19?. The first-order chi connectivity index (χ1) is 13.5. The summed E-state index contributed by atoms with van der Waals surface area (Å²) in [6.45, 7) is 6.71. The molecule has 0 fully saturated rings. The van der Waals surface area contributed by atoms with E-state index in [1.807, 2.05) is 29.7 Å². The fourth-order valence-corrected chi connectivity index (χ4v) is 4.35. The molecule has 0 unspecified atom stereocenters. The Hall–Kier alpha value is -3.04. The molecule has 0 spiro atoms. The topological polar surface area (TPSA) is 86.7 Å². The number of nitrogens with zero attached hydrogens (tertiary/aromatic N) is 3. The third-order valence-corrected chi connectivity index (χ3v) is 5.71. The third kappa shape index (κ3) is 4.26. The van der Waals surface area contributed by atoms with Gasteiger partial charge in [-0.2, -0.15) is 4.99 Å². The van der Waals surface area contributed by atoms with Gasteiger partial charge in [-0.1, -0.05) is 34.8 Å². The van der Waals surface area contributed by atoms with Crippen LogP contribution in [0.2, 0.25) is 0 Å². The summed E-state index contributed by atoms with van der Waals surface area (Å²) in [5.74, 6) is 0.284. The molecule has 2 aromatic heterocycles. The number of carbonyl (C=O) groups is 1. The van der Waals surface area contributed by atoms with Gasteiger partial charge in [0, 0.05) is 23.6 Å². The van der Waals surface area contributed by atoms with Gasteiger partial charge < -0.3 is 9.30 Å². The molecule has 0 saturated carbocycles. The highest BCUT2D eigenvalue weighted by Gasteiger charge is 2.12. The number of nitro groups is 1. The molecule has 0 aliphatic carbocycles. The van der Waals surface area contributed by atoms with Gasteiger partial charge in [-0.15, -0.1) is 6.58 Å². The van der Waals surface area contributed by atoms with Crippen LogP contribution in [0.25, 0.3) is 16.3 Å². The summed E-state index contributed by atoms with van der Waals surface area (Å²) in [6, 6.07) is 8.74. The molecule has 3 aromatic rings. The van der Waals surface area contributed by atoms with E-state index in [9.17, 15) is 14.9 Å². The zero-order valence-corrected chi connectivity index (χ0v) is 16.7. The Balaban J connectivity index is 1.97. The molecule has 28 heavy (non-hydrogen) atoms. The van der Waals surface area contributed by atoms with Crippen LogP contribution in [0.4, 0.5) is 5.00 Å². The van der Waals surface area contributed by atoms with Gasteiger partial charge >= 0.3 is 5.00 Å². The van der Waals surface area contributed by atoms with Crippen molar-refractivity contribution in [2.24, 2.45) is 4.99 Å². The van der Waals surface area contributed by atoms with Crippen molar-refractivity contribution in [2.75, 3.05) is 6.61 Å². The van der Waals surface area contributed by atoms with Crippen LogP contribution in [0.5, 0.6) is 5.75 Å². The Bertz CT molecular complexity index is 1140. The second kappa shape index (κ2) is 8.77. The van der Waals surface area contributed by atoms with E-state index in [1.165, 1.54) is 29.6 Å². The lowest BCUT2D eigenvalue weighted by Gasteiger charge is -2.07. The lowest BCUT2D eigenvalue weighted by atomic mass is 10.3. The zero-order chi connectivity index (χ0) is 20.1. The quantitative estimate of drug-likeness (QED) is 0.248. The molecule has 2 heterocycles. The number of hydrogen-bond donors (Lipinski definition) is 0. The molecule has 3 rings (SSSR count). The normalized spacial score (nSPS) is 12.0. The van der Waals surface area contributed by atoms with Gasteiger partial charge in [-0.3, -0.25) is 14.9 Å². The molecule has 0 N–H and O–H groups in total. The van der Waals surface area contributed by atoms with Crippen molar-refractivity contribution in [3.63, 3.8) is 0 Å². The minimum Gasteiger partial charge on any atom is -0.492 e. The summed E-state index contributed by atoms with van der Waals surface area (Å²) in [4.78, 5) is 28.0. The molecule has 0 aliphatic rings. The van der Waals surface area contributed by atoms with E-state index in [2.05, 4.69) is 11.6 Å². The van der Waals surface area contributed by atoms with Crippen molar-refractivity contribution < 1.29 is 14.5 Å². The largest absolute Gasteiger partial charge is 0.492 e. The molecule has 0 aliphatic heterocycles.